The van der Waals surface area contributed by atoms with Crippen LogP contribution in [0.3, 0.4) is 0 Å². The van der Waals surface area contributed by atoms with Crippen LogP contribution in [0.15, 0.2) is 34.9 Å². The fraction of sp³-hybridized carbons (Fsp3) is 0.333. The summed E-state index contributed by atoms with van der Waals surface area (Å²) >= 11 is 1.98. The van der Waals surface area contributed by atoms with Crippen LogP contribution in [-0.4, -0.2) is 12.3 Å². The Morgan fingerprint density at radius 1 is 1.36 bits per heavy atom. The van der Waals surface area contributed by atoms with Gasteiger partial charge in [-0.05, 0) is 12.5 Å². The van der Waals surface area contributed by atoms with E-state index < -0.39 is 0 Å². The van der Waals surface area contributed by atoms with Crippen molar-refractivity contribution in [3.05, 3.63) is 34.9 Å². The van der Waals surface area contributed by atoms with Crippen LogP contribution in [-0.2, 0) is 0 Å². The molecule has 0 radical (unpaired) electrons. The third kappa shape index (κ3) is 1.51. The summed E-state index contributed by atoms with van der Waals surface area (Å²) in [6.45, 7) is 1.10. The zero-order chi connectivity index (χ0) is 7.52. The van der Waals surface area contributed by atoms with Crippen LogP contribution in [0.4, 0.5) is 0 Å². The first-order valence-electron chi connectivity index (χ1n) is 3.90. The van der Waals surface area contributed by atoms with Gasteiger partial charge in [0, 0.05) is 22.9 Å². The van der Waals surface area contributed by atoms with Crippen molar-refractivity contribution in [2.24, 2.45) is 0 Å². The van der Waals surface area contributed by atoms with E-state index in [0.717, 1.165) is 13.0 Å². The molecule has 1 N–H and O–H groups in total. The molecule has 0 aromatic carbocycles. The zero-order valence-electron chi connectivity index (χ0n) is 6.34. The van der Waals surface area contributed by atoms with Gasteiger partial charge < -0.3 is 5.32 Å². The quantitative estimate of drug-likeness (QED) is 0.589. The van der Waals surface area contributed by atoms with Crippen molar-refractivity contribution in [2.75, 3.05) is 12.3 Å². The molecule has 0 fully saturated rings. The van der Waals surface area contributed by atoms with E-state index in [-0.39, 0.29) is 0 Å². The molecule has 1 aliphatic carbocycles. The highest BCUT2D eigenvalue weighted by molar-refractivity contribution is 8.03. The first-order chi connectivity index (χ1) is 5.47. The Kier molecular flexibility index (Phi) is 2.04. The van der Waals surface area contributed by atoms with E-state index in [2.05, 4.69) is 29.6 Å². The van der Waals surface area contributed by atoms with Crippen molar-refractivity contribution >= 4 is 11.8 Å². The normalized spacial score (nSPS) is 22.5. The van der Waals surface area contributed by atoms with E-state index >= 15 is 0 Å². The molecule has 11 heavy (non-hydrogen) atoms. The van der Waals surface area contributed by atoms with E-state index in [1.807, 2.05) is 11.8 Å². The number of allylic oxidation sites excluding steroid dienone is 5. The number of nitrogens with one attached hydrogen (secondary N) is 1. The highest BCUT2D eigenvalue weighted by Crippen LogP contribution is 2.27. The van der Waals surface area contributed by atoms with Crippen LogP contribution in [0.2, 0.25) is 0 Å². The maximum atomic E-state index is 3.39. The van der Waals surface area contributed by atoms with Gasteiger partial charge in [-0.1, -0.05) is 18.2 Å². The predicted molar refractivity (Wildman–Crippen MR) is 50.4 cm³/mol. The smallest absolute Gasteiger partial charge is 0.0440 e. The average Bonchev–Trinajstić information content (AvgIpc) is 2.28. The third-order valence-corrected chi connectivity index (χ3v) is 2.95. The van der Waals surface area contributed by atoms with Gasteiger partial charge in [0.1, 0.15) is 0 Å². The Balaban J connectivity index is 2.26. The highest BCUT2D eigenvalue weighted by Gasteiger charge is 2.09. The Bertz CT molecular complexity index is 238. The standard InChI is InChI=1S/C9H11NS/c1-2-4-8-9(5-3-1)11-7-6-10-8/h1-4,10H,5-7H2. The van der Waals surface area contributed by atoms with Gasteiger partial charge in [0.25, 0.3) is 0 Å². The lowest BCUT2D eigenvalue weighted by Gasteiger charge is -2.17. The van der Waals surface area contributed by atoms with Crippen LogP contribution < -0.4 is 5.32 Å². The Labute approximate surface area is 71.3 Å². The van der Waals surface area contributed by atoms with Gasteiger partial charge in [-0.25, -0.2) is 0 Å². The summed E-state index contributed by atoms with van der Waals surface area (Å²) in [5.74, 6) is 1.21. The molecule has 1 nitrogen and oxygen atoms in total. The second-order valence-corrected chi connectivity index (χ2v) is 3.79. The molecule has 0 amide bonds. The Morgan fingerprint density at radius 2 is 2.36 bits per heavy atom. The Hall–Kier alpha value is -0.630. The first-order valence-corrected chi connectivity index (χ1v) is 4.88. The van der Waals surface area contributed by atoms with Gasteiger partial charge >= 0.3 is 0 Å². The van der Waals surface area contributed by atoms with Crippen LogP contribution >= 0.6 is 11.8 Å². The maximum Gasteiger partial charge on any atom is 0.0440 e. The summed E-state index contributed by atoms with van der Waals surface area (Å²) in [4.78, 5) is 1.49. The SMILES string of the molecule is C1=CCC2=C(C=C1)NCCS2. The second kappa shape index (κ2) is 3.18. The molecule has 0 saturated heterocycles. The lowest BCUT2D eigenvalue weighted by Crippen LogP contribution is -2.20. The molecule has 0 spiro atoms. The summed E-state index contributed by atoms with van der Waals surface area (Å²) in [5, 5.41) is 3.39. The molecule has 0 bridgehead atoms. The van der Waals surface area contributed by atoms with Crippen LogP contribution in [0.5, 0.6) is 0 Å². The molecule has 2 aliphatic rings. The minimum atomic E-state index is 1.10. The lowest BCUT2D eigenvalue weighted by molar-refractivity contribution is 0.866. The number of hydrogen-bond acceptors (Lipinski definition) is 2. The maximum absolute atomic E-state index is 3.39. The summed E-state index contributed by atoms with van der Waals surface area (Å²) in [5.41, 5.74) is 1.33. The number of rotatable bonds is 0. The molecular formula is C9H11NS. The van der Waals surface area contributed by atoms with Crippen molar-refractivity contribution in [3.8, 4) is 0 Å². The second-order valence-electron chi connectivity index (χ2n) is 2.60. The van der Waals surface area contributed by atoms with Crippen molar-refractivity contribution < 1.29 is 0 Å². The molecule has 2 rings (SSSR count). The number of hydrogen-bond donors (Lipinski definition) is 1. The van der Waals surface area contributed by atoms with Crippen molar-refractivity contribution in [1.29, 1.82) is 0 Å². The summed E-state index contributed by atoms with van der Waals surface area (Å²) in [7, 11) is 0. The van der Waals surface area contributed by atoms with Crippen molar-refractivity contribution in [2.45, 2.75) is 6.42 Å². The van der Waals surface area contributed by atoms with Crippen molar-refractivity contribution in [3.63, 3.8) is 0 Å². The largest absolute Gasteiger partial charge is 0.384 e. The first kappa shape index (κ1) is 7.04. The van der Waals surface area contributed by atoms with Gasteiger partial charge in [0.2, 0.25) is 0 Å². The lowest BCUT2D eigenvalue weighted by atomic mass is 10.3. The summed E-state index contributed by atoms with van der Waals surface area (Å²) in [6, 6.07) is 0. The Morgan fingerprint density at radius 3 is 3.36 bits per heavy atom. The molecular weight excluding hydrogens is 154 g/mol. The molecule has 58 valence electrons. The van der Waals surface area contributed by atoms with E-state index in [9.17, 15) is 0 Å². The fourth-order valence-electron chi connectivity index (χ4n) is 1.26. The number of thioether (sulfide) groups is 1. The topological polar surface area (TPSA) is 12.0 Å². The fourth-order valence-corrected chi connectivity index (χ4v) is 2.22. The van der Waals surface area contributed by atoms with Gasteiger partial charge in [-0.3, -0.25) is 0 Å². The molecule has 1 aliphatic heterocycles. The monoisotopic (exact) mass is 165 g/mol. The molecule has 2 heteroatoms. The van der Waals surface area contributed by atoms with Crippen LogP contribution in [0, 0.1) is 0 Å². The van der Waals surface area contributed by atoms with Crippen LogP contribution in [0.1, 0.15) is 6.42 Å². The molecule has 0 aromatic heterocycles. The van der Waals surface area contributed by atoms with Gasteiger partial charge in [0.05, 0.1) is 0 Å². The van der Waals surface area contributed by atoms with Crippen molar-refractivity contribution in [1.82, 2.24) is 5.32 Å². The van der Waals surface area contributed by atoms with E-state index in [0.29, 0.717) is 0 Å². The average molecular weight is 165 g/mol. The molecule has 0 aromatic rings. The molecule has 1 heterocycles. The van der Waals surface area contributed by atoms with Gasteiger partial charge in [-0.2, -0.15) is 0 Å². The minimum Gasteiger partial charge on any atom is -0.384 e. The van der Waals surface area contributed by atoms with Gasteiger partial charge in [0.15, 0.2) is 0 Å². The molecule has 0 atom stereocenters. The predicted octanol–water partition coefficient (Wildman–Crippen LogP) is 2.05. The van der Waals surface area contributed by atoms with Gasteiger partial charge in [-0.15, -0.1) is 11.8 Å². The zero-order valence-corrected chi connectivity index (χ0v) is 7.16. The van der Waals surface area contributed by atoms with E-state index in [1.165, 1.54) is 16.4 Å². The minimum absolute atomic E-state index is 1.10. The third-order valence-electron chi connectivity index (χ3n) is 1.81. The van der Waals surface area contributed by atoms with Crippen LogP contribution in [0.25, 0.3) is 0 Å². The molecule has 0 unspecified atom stereocenters. The van der Waals surface area contributed by atoms with E-state index in [1.54, 1.807) is 0 Å². The highest BCUT2D eigenvalue weighted by atomic mass is 32.2. The molecule has 0 saturated carbocycles. The summed E-state index contributed by atoms with van der Waals surface area (Å²) in [6.07, 6.45) is 9.67. The van der Waals surface area contributed by atoms with E-state index in [4.69, 9.17) is 0 Å². The summed E-state index contributed by atoms with van der Waals surface area (Å²) < 4.78 is 0.